The lowest BCUT2D eigenvalue weighted by atomic mass is 10.4. The van der Waals surface area contributed by atoms with Crippen LogP contribution in [-0.4, -0.2) is 30.7 Å². The molecule has 18 heavy (non-hydrogen) atoms. The SMILES string of the molecule is C=CC(=O)C=C.C=CC(=O)NCCNC(=O)C=C. The van der Waals surface area contributed by atoms with E-state index in [-0.39, 0.29) is 17.6 Å². The van der Waals surface area contributed by atoms with E-state index in [9.17, 15) is 14.4 Å². The first-order valence-electron chi connectivity index (χ1n) is 5.11. The Morgan fingerprint density at radius 3 is 1.22 bits per heavy atom. The van der Waals surface area contributed by atoms with Crippen LogP contribution in [0.15, 0.2) is 50.6 Å². The molecule has 0 aliphatic carbocycles. The van der Waals surface area contributed by atoms with Crippen molar-refractivity contribution in [3.05, 3.63) is 50.6 Å². The highest BCUT2D eigenvalue weighted by atomic mass is 16.2. The number of hydrogen-bond acceptors (Lipinski definition) is 3. The Bertz CT molecular complexity index is 314. The van der Waals surface area contributed by atoms with Gasteiger partial charge in [-0.2, -0.15) is 0 Å². The van der Waals surface area contributed by atoms with E-state index in [0.717, 1.165) is 0 Å². The van der Waals surface area contributed by atoms with Gasteiger partial charge in [-0.05, 0) is 24.3 Å². The molecule has 0 bridgehead atoms. The molecule has 0 aliphatic rings. The second-order valence-electron chi connectivity index (χ2n) is 2.80. The first-order chi connectivity index (χ1) is 8.51. The maximum Gasteiger partial charge on any atom is 0.243 e. The van der Waals surface area contributed by atoms with Crippen molar-refractivity contribution in [3.63, 3.8) is 0 Å². The summed E-state index contributed by atoms with van der Waals surface area (Å²) in [7, 11) is 0. The van der Waals surface area contributed by atoms with E-state index in [1.54, 1.807) is 0 Å². The van der Waals surface area contributed by atoms with Crippen molar-refractivity contribution in [1.29, 1.82) is 0 Å². The lowest BCUT2D eigenvalue weighted by Crippen LogP contribution is -2.32. The molecule has 0 unspecified atom stereocenters. The molecular formula is C13H18N2O3. The van der Waals surface area contributed by atoms with Crippen molar-refractivity contribution in [3.8, 4) is 0 Å². The van der Waals surface area contributed by atoms with Crippen molar-refractivity contribution < 1.29 is 14.4 Å². The number of ketones is 1. The fourth-order valence-corrected chi connectivity index (χ4v) is 0.599. The Balaban J connectivity index is 0. The summed E-state index contributed by atoms with van der Waals surface area (Å²) in [5.41, 5.74) is 0. The van der Waals surface area contributed by atoms with Gasteiger partial charge in [0.1, 0.15) is 0 Å². The zero-order chi connectivity index (χ0) is 14.4. The van der Waals surface area contributed by atoms with Crippen molar-refractivity contribution >= 4 is 17.6 Å². The molecule has 5 heteroatoms. The maximum atomic E-state index is 10.6. The molecule has 2 N–H and O–H groups in total. The maximum absolute atomic E-state index is 10.6. The molecule has 0 heterocycles. The zero-order valence-electron chi connectivity index (χ0n) is 10.3. The number of rotatable bonds is 7. The minimum Gasteiger partial charge on any atom is -0.351 e. The largest absolute Gasteiger partial charge is 0.351 e. The van der Waals surface area contributed by atoms with Crippen LogP contribution >= 0.6 is 0 Å². The number of allylic oxidation sites excluding steroid dienone is 2. The fraction of sp³-hybridized carbons (Fsp3) is 0.154. The van der Waals surface area contributed by atoms with Gasteiger partial charge in [-0.1, -0.05) is 26.3 Å². The second kappa shape index (κ2) is 12.6. The normalized spacial score (nSPS) is 7.78. The lowest BCUT2D eigenvalue weighted by molar-refractivity contribution is -0.118. The van der Waals surface area contributed by atoms with Gasteiger partial charge in [-0.25, -0.2) is 0 Å². The van der Waals surface area contributed by atoms with Gasteiger partial charge in [0, 0.05) is 13.1 Å². The summed E-state index contributed by atoms with van der Waals surface area (Å²) in [6.45, 7) is 13.8. The third kappa shape index (κ3) is 13.6. The topological polar surface area (TPSA) is 75.3 Å². The van der Waals surface area contributed by atoms with Crippen LogP contribution in [0.3, 0.4) is 0 Å². The zero-order valence-corrected chi connectivity index (χ0v) is 10.3. The summed E-state index contributed by atoms with van der Waals surface area (Å²) < 4.78 is 0. The molecule has 0 aromatic heterocycles. The standard InChI is InChI=1S/C8H12N2O2.C5H6O/c1-3-7(11)9-5-6-10-8(12)4-2;1-3-5(6)4-2/h3-4H,1-2,5-6H2,(H,9,11)(H,10,12);3-4H,1-2H2. The third-order valence-electron chi connectivity index (χ3n) is 1.50. The summed E-state index contributed by atoms with van der Waals surface area (Å²) in [6.07, 6.45) is 4.78. The third-order valence-corrected chi connectivity index (χ3v) is 1.50. The van der Waals surface area contributed by atoms with Crippen LogP contribution in [0.1, 0.15) is 0 Å². The van der Waals surface area contributed by atoms with Gasteiger partial charge in [0.15, 0.2) is 5.78 Å². The van der Waals surface area contributed by atoms with Crippen LogP contribution in [0.5, 0.6) is 0 Å². The van der Waals surface area contributed by atoms with Crippen molar-refractivity contribution in [1.82, 2.24) is 10.6 Å². The van der Waals surface area contributed by atoms with E-state index < -0.39 is 0 Å². The molecule has 0 fully saturated rings. The molecule has 0 radical (unpaired) electrons. The average molecular weight is 250 g/mol. The fourth-order valence-electron chi connectivity index (χ4n) is 0.599. The minimum absolute atomic E-state index is 0.130. The second-order valence-corrected chi connectivity index (χ2v) is 2.80. The quantitative estimate of drug-likeness (QED) is 0.511. The van der Waals surface area contributed by atoms with Gasteiger partial charge in [-0.15, -0.1) is 0 Å². The lowest BCUT2D eigenvalue weighted by Gasteiger charge is -2.01. The number of carbonyl (C=O) groups is 3. The Hall–Kier alpha value is -2.43. The van der Waals surface area contributed by atoms with Gasteiger partial charge >= 0.3 is 0 Å². The molecule has 5 nitrogen and oxygen atoms in total. The van der Waals surface area contributed by atoms with Crippen LogP contribution in [0.2, 0.25) is 0 Å². The average Bonchev–Trinajstić information content (AvgIpc) is 2.42. The molecule has 0 atom stereocenters. The molecule has 0 saturated heterocycles. The van der Waals surface area contributed by atoms with E-state index in [4.69, 9.17) is 0 Å². The molecule has 0 rings (SSSR count). The van der Waals surface area contributed by atoms with Crippen LogP contribution in [0, 0.1) is 0 Å². The summed E-state index contributed by atoms with van der Waals surface area (Å²) in [5.74, 6) is -0.624. The molecule has 2 amide bonds. The molecular weight excluding hydrogens is 232 g/mol. The Kier molecular flexibility index (Phi) is 12.6. The number of hydrogen-bond donors (Lipinski definition) is 2. The van der Waals surface area contributed by atoms with E-state index >= 15 is 0 Å². The highest BCUT2D eigenvalue weighted by Gasteiger charge is 1.93. The Morgan fingerprint density at radius 2 is 1.06 bits per heavy atom. The van der Waals surface area contributed by atoms with E-state index in [0.29, 0.717) is 13.1 Å². The van der Waals surface area contributed by atoms with Gasteiger partial charge in [0.2, 0.25) is 11.8 Å². The van der Waals surface area contributed by atoms with Crippen LogP contribution < -0.4 is 10.6 Å². The number of nitrogens with one attached hydrogen (secondary N) is 2. The van der Waals surface area contributed by atoms with Crippen LogP contribution in [0.25, 0.3) is 0 Å². The number of amides is 2. The molecule has 0 aromatic rings. The summed E-state index contributed by atoms with van der Waals surface area (Å²) in [6, 6.07) is 0. The van der Waals surface area contributed by atoms with Crippen LogP contribution in [-0.2, 0) is 14.4 Å². The van der Waals surface area contributed by atoms with Gasteiger partial charge in [0.25, 0.3) is 0 Å². The van der Waals surface area contributed by atoms with Crippen molar-refractivity contribution in [2.24, 2.45) is 0 Å². The highest BCUT2D eigenvalue weighted by Crippen LogP contribution is 1.68. The summed E-state index contributed by atoms with van der Waals surface area (Å²) >= 11 is 0. The molecule has 0 saturated carbocycles. The molecule has 0 spiro atoms. The smallest absolute Gasteiger partial charge is 0.243 e. The number of carbonyl (C=O) groups excluding carboxylic acids is 3. The minimum atomic E-state index is -0.247. The first kappa shape index (κ1) is 17.9. The first-order valence-corrected chi connectivity index (χ1v) is 5.11. The van der Waals surface area contributed by atoms with Gasteiger partial charge in [-0.3, -0.25) is 14.4 Å². The molecule has 0 aromatic carbocycles. The summed E-state index contributed by atoms with van der Waals surface area (Å²) in [5, 5.41) is 5.01. The predicted molar refractivity (Wildman–Crippen MR) is 71.8 cm³/mol. The van der Waals surface area contributed by atoms with Gasteiger partial charge < -0.3 is 10.6 Å². The molecule has 0 aliphatic heterocycles. The Morgan fingerprint density at radius 1 is 0.722 bits per heavy atom. The van der Waals surface area contributed by atoms with Crippen molar-refractivity contribution in [2.75, 3.05) is 13.1 Å². The van der Waals surface area contributed by atoms with E-state index in [1.807, 2.05) is 0 Å². The van der Waals surface area contributed by atoms with E-state index in [1.165, 1.54) is 24.3 Å². The molecule has 98 valence electrons. The van der Waals surface area contributed by atoms with Gasteiger partial charge in [0.05, 0.1) is 0 Å². The predicted octanol–water partition coefficient (Wildman–Crippen LogP) is 0.518. The van der Waals surface area contributed by atoms with E-state index in [2.05, 4.69) is 36.9 Å². The van der Waals surface area contributed by atoms with Crippen LogP contribution in [0.4, 0.5) is 0 Å². The van der Waals surface area contributed by atoms with Crippen molar-refractivity contribution in [2.45, 2.75) is 0 Å². The summed E-state index contributed by atoms with van der Waals surface area (Å²) in [4.78, 5) is 31.1. The monoisotopic (exact) mass is 250 g/mol. The highest BCUT2D eigenvalue weighted by molar-refractivity contribution is 5.98. The Labute approximate surface area is 107 Å².